The molecule has 2 unspecified atom stereocenters. The molecule has 0 radical (unpaired) electrons. The number of carbonyl (C=O) groups is 1. The molecule has 8 nitrogen and oxygen atoms in total. The van der Waals surface area contributed by atoms with Crippen LogP contribution in [0.1, 0.15) is 30.6 Å². The van der Waals surface area contributed by atoms with E-state index in [-0.39, 0.29) is 17.7 Å². The number of carbonyl (C=O) groups excluding carboxylic acids is 1. The van der Waals surface area contributed by atoms with E-state index in [1.54, 1.807) is 13.0 Å². The lowest BCUT2D eigenvalue weighted by molar-refractivity contribution is -0.385. The van der Waals surface area contributed by atoms with Gasteiger partial charge in [0.2, 0.25) is 0 Å². The summed E-state index contributed by atoms with van der Waals surface area (Å²) >= 11 is 0. The van der Waals surface area contributed by atoms with Crippen molar-refractivity contribution in [2.24, 2.45) is 0 Å². The number of esters is 1. The van der Waals surface area contributed by atoms with Crippen molar-refractivity contribution in [3.63, 3.8) is 0 Å². The molecule has 21 heavy (non-hydrogen) atoms. The fraction of sp³-hybridized carbons (Fsp3) is 0.385. The lowest BCUT2D eigenvalue weighted by Crippen LogP contribution is -2.23. The molecular weight excluding hydrogens is 280 g/mol. The summed E-state index contributed by atoms with van der Waals surface area (Å²) in [5.41, 5.74) is -0.592. The highest BCUT2D eigenvalue weighted by Crippen LogP contribution is 2.26. The molecule has 2 N–H and O–H groups in total. The van der Waals surface area contributed by atoms with E-state index in [1.807, 2.05) is 0 Å². The number of rotatable bonds is 6. The van der Waals surface area contributed by atoms with E-state index in [1.165, 1.54) is 12.1 Å². The number of aliphatic hydroxyl groups excluding tert-OH is 2. The average Bonchev–Trinajstić information content (AvgIpc) is 2.45. The molecule has 0 spiro atoms. The summed E-state index contributed by atoms with van der Waals surface area (Å²) in [5, 5.41) is 39.2. The van der Waals surface area contributed by atoms with Gasteiger partial charge < -0.3 is 14.9 Å². The standard InChI is InChI=1S/C13H14N2O6/c1-2-21-12(17)6-11(16)13(18)8-3-4-9(7-14)10(5-8)15(19)20/h3-5,11,13,16,18H,2,6H2,1H3. The second-order valence-electron chi connectivity index (χ2n) is 4.17. The fourth-order valence-corrected chi connectivity index (χ4v) is 1.70. The summed E-state index contributed by atoms with van der Waals surface area (Å²) < 4.78 is 4.64. The van der Waals surface area contributed by atoms with Gasteiger partial charge in [-0.05, 0) is 18.6 Å². The minimum absolute atomic E-state index is 0.0394. The van der Waals surface area contributed by atoms with Gasteiger partial charge in [-0.15, -0.1) is 0 Å². The number of nitriles is 1. The smallest absolute Gasteiger partial charge is 0.308 e. The quantitative estimate of drug-likeness (QED) is 0.450. The van der Waals surface area contributed by atoms with E-state index >= 15 is 0 Å². The molecule has 8 heteroatoms. The Labute approximate surface area is 120 Å². The third kappa shape index (κ3) is 4.24. The maximum absolute atomic E-state index is 11.2. The number of nitro groups is 1. The predicted molar refractivity (Wildman–Crippen MR) is 70.0 cm³/mol. The summed E-state index contributed by atoms with van der Waals surface area (Å²) in [6.45, 7) is 1.74. The first-order valence-corrected chi connectivity index (χ1v) is 6.10. The van der Waals surface area contributed by atoms with Crippen molar-refractivity contribution in [2.45, 2.75) is 25.6 Å². The van der Waals surface area contributed by atoms with Gasteiger partial charge in [0.15, 0.2) is 0 Å². The van der Waals surface area contributed by atoms with E-state index in [0.29, 0.717) is 0 Å². The Morgan fingerprint density at radius 1 is 1.52 bits per heavy atom. The van der Waals surface area contributed by atoms with Crippen LogP contribution in [0.15, 0.2) is 18.2 Å². The Bertz CT molecular complexity index is 581. The Hall–Kier alpha value is -2.50. The minimum atomic E-state index is -1.50. The van der Waals surface area contributed by atoms with Gasteiger partial charge in [0.25, 0.3) is 5.69 Å². The molecule has 0 amide bonds. The topological polar surface area (TPSA) is 134 Å². The van der Waals surface area contributed by atoms with Crippen LogP contribution in [0.5, 0.6) is 0 Å². The molecule has 0 aliphatic rings. The summed E-state index contributed by atoms with van der Waals surface area (Å²) in [6, 6.07) is 5.12. The number of ether oxygens (including phenoxy) is 1. The number of aliphatic hydroxyl groups is 2. The average molecular weight is 294 g/mol. The summed E-state index contributed by atoms with van der Waals surface area (Å²) in [5.74, 6) is -0.688. The monoisotopic (exact) mass is 294 g/mol. The molecular formula is C13H14N2O6. The number of benzene rings is 1. The highest BCUT2D eigenvalue weighted by Gasteiger charge is 2.25. The molecule has 0 saturated carbocycles. The molecule has 1 rings (SSSR count). The van der Waals surface area contributed by atoms with Gasteiger partial charge >= 0.3 is 5.97 Å². The normalized spacial score (nSPS) is 13.0. The molecule has 0 fully saturated rings. The van der Waals surface area contributed by atoms with Gasteiger partial charge in [-0.25, -0.2) is 0 Å². The SMILES string of the molecule is CCOC(=O)CC(O)C(O)c1ccc(C#N)c([N+](=O)[O-])c1. The molecule has 1 aromatic carbocycles. The second kappa shape index (κ2) is 7.33. The third-order valence-corrected chi connectivity index (χ3v) is 2.73. The van der Waals surface area contributed by atoms with Gasteiger partial charge in [0.05, 0.1) is 24.1 Å². The van der Waals surface area contributed by atoms with E-state index in [4.69, 9.17) is 5.26 Å². The highest BCUT2D eigenvalue weighted by atomic mass is 16.6. The molecule has 1 aromatic rings. The van der Waals surface area contributed by atoms with Crippen LogP contribution in [0.3, 0.4) is 0 Å². The minimum Gasteiger partial charge on any atom is -0.466 e. The van der Waals surface area contributed by atoms with Crippen molar-refractivity contribution in [3.8, 4) is 6.07 Å². The van der Waals surface area contributed by atoms with Gasteiger partial charge in [-0.1, -0.05) is 6.07 Å². The number of hydrogen-bond donors (Lipinski definition) is 2. The van der Waals surface area contributed by atoms with E-state index in [9.17, 15) is 25.1 Å². The predicted octanol–water partition coefficient (Wildman–Crippen LogP) is 0.814. The van der Waals surface area contributed by atoms with Crippen LogP contribution in [0.25, 0.3) is 0 Å². The largest absolute Gasteiger partial charge is 0.466 e. The lowest BCUT2D eigenvalue weighted by atomic mass is 10.00. The Balaban J connectivity index is 2.95. The van der Waals surface area contributed by atoms with E-state index < -0.39 is 35.2 Å². The molecule has 2 atom stereocenters. The van der Waals surface area contributed by atoms with Crippen LogP contribution in [0.2, 0.25) is 0 Å². The van der Waals surface area contributed by atoms with Gasteiger partial charge in [-0.2, -0.15) is 5.26 Å². The van der Waals surface area contributed by atoms with Crippen molar-refractivity contribution >= 4 is 11.7 Å². The maximum atomic E-state index is 11.2. The zero-order chi connectivity index (χ0) is 16.0. The molecule has 0 saturated heterocycles. The van der Waals surface area contributed by atoms with Crippen molar-refractivity contribution in [1.29, 1.82) is 5.26 Å². The van der Waals surface area contributed by atoms with Crippen LogP contribution < -0.4 is 0 Å². The van der Waals surface area contributed by atoms with E-state index in [2.05, 4.69) is 4.74 Å². The van der Waals surface area contributed by atoms with Crippen LogP contribution in [0, 0.1) is 21.4 Å². The van der Waals surface area contributed by atoms with Gasteiger partial charge in [-0.3, -0.25) is 14.9 Å². The lowest BCUT2D eigenvalue weighted by Gasteiger charge is -2.17. The fourth-order valence-electron chi connectivity index (χ4n) is 1.70. The van der Waals surface area contributed by atoms with Crippen molar-refractivity contribution in [1.82, 2.24) is 0 Å². The van der Waals surface area contributed by atoms with Gasteiger partial charge in [0.1, 0.15) is 17.7 Å². The Morgan fingerprint density at radius 2 is 2.19 bits per heavy atom. The highest BCUT2D eigenvalue weighted by molar-refractivity contribution is 5.70. The molecule has 0 aromatic heterocycles. The van der Waals surface area contributed by atoms with Gasteiger partial charge in [0, 0.05) is 6.07 Å². The van der Waals surface area contributed by atoms with Crippen molar-refractivity contribution in [2.75, 3.05) is 6.61 Å². The third-order valence-electron chi connectivity index (χ3n) is 2.73. The molecule has 112 valence electrons. The first kappa shape index (κ1) is 16.6. The van der Waals surface area contributed by atoms with Crippen LogP contribution in [-0.2, 0) is 9.53 Å². The molecule has 0 aliphatic carbocycles. The first-order valence-electron chi connectivity index (χ1n) is 6.10. The van der Waals surface area contributed by atoms with Crippen LogP contribution in [-0.4, -0.2) is 33.8 Å². The number of nitro benzene ring substituents is 1. The zero-order valence-corrected chi connectivity index (χ0v) is 11.2. The van der Waals surface area contributed by atoms with Crippen LogP contribution in [0.4, 0.5) is 5.69 Å². The van der Waals surface area contributed by atoms with E-state index in [0.717, 1.165) is 6.07 Å². The van der Waals surface area contributed by atoms with Crippen molar-refractivity contribution in [3.05, 3.63) is 39.4 Å². The zero-order valence-electron chi connectivity index (χ0n) is 11.2. The summed E-state index contributed by atoms with van der Waals surface area (Å²) in [4.78, 5) is 21.3. The van der Waals surface area contributed by atoms with Crippen molar-refractivity contribution < 1.29 is 24.7 Å². The summed E-state index contributed by atoms with van der Waals surface area (Å²) in [6.07, 6.45) is -3.40. The second-order valence-corrected chi connectivity index (χ2v) is 4.17. The Morgan fingerprint density at radius 3 is 2.71 bits per heavy atom. The molecule has 0 bridgehead atoms. The number of hydrogen-bond acceptors (Lipinski definition) is 7. The molecule has 0 aliphatic heterocycles. The van der Waals surface area contributed by atoms with Crippen LogP contribution >= 0.6 is 0 Å². The Kier molecular flexibility index (Phi) is 5.78. The maximum Gasteiger partial charge on any atom is 0.308 e. The number of nitrogens with zero attached hydrogens (tertiary/aromatic N) is 2. The summed E-state index contributed by atoms with van der Waals surface area (Å²) in [7, 11) is 0. The molecule has 0 heterocycles. The first-order chi connectivity index (χ1) is 9.90.